The van der Waals surface area contributed by atoms with Gasteiger partial charge in [-0.3, -0.25) is 0 Å². The molecule has 1 fully saturated rings. The number of hydrogen-bond acceptors (Lipinski definition) is 2. The molecule has 1 aliphatic carbocycles. The summed E-state index contributed by atoms with van der Waals surface area (Å²) in [7, 11) is 0. The fraction of sp³-hybridized carbons (Fsp3) is 0.727. The Morgan fingerprint density at radius 3 is 2.31 bits per heavy atom. The van der Waals surface area contributed by atoms with E-state index in [1.165, 1.54) is 19.3 Å². The Hall–Kier alpha value is -0.970. The molecule has 13 heavy (non-hydrogen) atoms. The van der Waals surface area contributed by atoms with Crippen LogP contribution in [-0.2, 0) is 0 Å². The van der Waals surface area contributed by atoms with Gasteiger partial charge in [0.05, 0.1) is 6.07 Å². The lowest BCUT2D eigenvalue weighted by molar-refractivity contribution is 0.263. The summed E-state index contributed by atoms with van der Waals surface area (Å²) in [5.41, 5.74) is 7.60. The third-order valence-corrected chi connectivity index (χ3v) is 3.18. The first-order valence-electron chi connectivity index (χ1n) is 4.97. The molecule has 1 rings (SSSR count). The summed E-state index contributed by atoms with van der Waals surface area (Å²) in [4.78, 5) is 0. The zero-order valence-electron chi connectivity index (χ0n) is 8.56. The van der Waals surface area contributed by atoms with Gasteiger partial charge in [-0.05, 0) is 19.8 Å². The minimum atomic E-state index is 0.0953. The lowest BCUT2D eigenvalue weighted by Gasteiger charge is -2.34. The van der Waals surface area contributed by atoms with Crippen molar-refractivity contribution in [1.29, 1.82) is 5.26 Å². The van der Waals surface area contributed by atoms with Crippen molar-refractivity contribution in [3.05, 3.63) is 11.3 Å². The van der Waals surface area contributed by atoms with E-state index in [1.54, 1.807) is 0 Å². The van der Waals surface area contributed by atoms with Crippen LogP contribution in [0.15, 0.2) is 11.3 Å². The maximum Gasteiger partial charge on any atom is 0.0962 e. The van der Waals surface area contributed by atoms with Gasteiger partial charge in [-0.25, -0.2) is 0 Å². The number of rotatable bonds is 1. The molecule has 72 valence electrons. The molecule has 0 spiro atoms. The van der Waals surface area contributed by atoms with Gasteiger partial charge in [0.15, 0.2) is 0 Å². The van der Waals surface area contributed by atoms with Crippen molar-refractivity contribution >= 4 is 0 Å². The van der Waals surface area contributed by atoms with E-state index in [0.717, 1.165) is 18.5 Å². The summed E-state index contributed by atoms with van der Waals surface area (Å²) in [5, 5.41) is 8.76. The summed E-state index contributed by atoms with van der Waals surface area (Å²) < 4.78 is 0. The van der Waals surface area contributed by atoms with Crippen LogP contribution in [0.25, 0.3) is 0 Å². The monoisotopic (exact) mass is 178 g/mol. The topological polar surface area (TPSA) is 49.8 Å². The summed E-state index contributed by atoms with van der Waals surface area (Å²) in [6, 6.07) is 2.14. The van der Waals surface area contributed by atoms with Gasteiger partial charge in [0, 0.05) is 16.7 Å². The predicted molar refractivity (Wildman–Crippen MR) is 53.7 cm³/mol. The molecule has 1 saturated carbocycles. The number of allylic oxidation sites excluding steroid dienone is 2. The molecule has 0 radical (unpaired) electrons. The van der Waals surface area contributed by atoms with Crippen LogP contribution in [-0.4, -0.2) is 0 Å². The Bertz CT molecular complexity index is 252. The van der Waals surface area contributed by atoms with Crippen LogP contribution in [0, 0.1) is 16.7 Å². The smallest absolute Gasteiger partial charge is 0.0962 e. The van der Waals surface area contributed by atoms with E-state index in [1.807, 2.05) is 6.92 Å². The van der Waals surface area contributed by atoms with Crippen LogP contribution in [0.5, 0.6) is 0 Å². The van der Waals surface area contributed by atoms with Crippen LogP contribution in [0.3, 0.4) is 0 Å². The molecule has 2 heteroatoms. The molecular weight excluding hydrogens is 160 g/mol. The van der Waals surface area contributed by atoms with Crippen molar-refractivity contribution in [1.82, 2.24) is 0 Å². The molecule has 0 amide bonds. The number of nitriles is 1. The van der Waals surface area contributed by atoms with Crippen LogP contribution < -0.4 is 5.73 Å². The van der Waals surface area contributed by atoms with Crippen LogP contribution in [0.2, 0.25) is 0 Å². The van der Waals surface area contributed by atoms with Crippen molar-refractivity contribution in [2.24, 2.45) is 11.1 Å². The highest BCUT2D eigenvalue weighted by atomic mass is 14.6. The molecule has 0 heterocycles. The van der Waals surface area contributed by atoms with E-state index >= 15 is 0 Å². The number of nitrogens with zero attached hydrogens (tertiary/aromatic N) is 1. The fourth-order valence-electron chi connectivity index (χ4n) is 2.11. The predicted octanol–water partition coefficient (Wildman–Crippen LogP) is 2.71. The third kappa shape index (κ3) is 2.03. The molecule has 1 aliphatic rings. The Balaban J connectivity index is 2.86. The first kappa shape index (κ1) is 10.1. The van der Waals surface area contributed by atoms with Crippen molar-refractivity contribution < 1.29 is 0 Å². The molecule has 0 saturated heterocycles. The van der Waals surface area contributed by atoms with Gasteiger partial charge >= 0.3 is 0 Å². The minimum absolute atomic E-state index is 0.0953. The highest BCUT2D eigenvalue weighted by Gasteiger charge is 2.30. The zero-order chi connectivity index (χ0) is 9.90. The highest BCUT2D eigenvalue weighted by Crippen LogP contribution is 2.40. The molecule has 0 aliphatic heterocycles. The van der Waals surface area contributed by atoms with Gasteiger partial charge < -0.3 is 5.73 Å². The summed E-state index contributed by atoms with van der Waals surface area (Å²) in [5.74, 6) is 0. The second-order valence-corrected chi connectivity index (χ2v) is 4.27. The van der Waals surface area contributed by atoms with Crippen molar-refractivity contribution in [2.75, 3.05) is 0 Å². The normalized spacial score (nSPS) is 23.2. The summed E-state index contributed by atoms with van der Waals surface area (Å²) >= 11 is 0. The minimum Gasteiger partial charge on any atom is -0.401 e. The van der Waals surface area contributed by atoms with E-state index in [0.29, 0.717) is 5.57 Å². The first-order chi connectivity index (χ1) is 6.10. The van der Waals surface area contributed by atoms with Gasteiger partial charge in [-0.15, -0.1) is 0 Å². The van der Waals surface area contributed by atoms with E-state index < -0.39 is 0 Å². The second kappa shape index (κ2) is 3.83. The van der Waals surface area contributed by atoms with Gasteiger partial charge in [-0.2, -0.15) is 5.26 Å². The van der Waals surface area contributed by atoms with Crippen LogP contribution >= 0.6 is 0 Å². The zero-order valence-corrected chi connectivity index (χ0v) is 8.56. The van der Waals surface area contributed by atoms with Crippen molar-refractivity contribution in [3.8, 4) is 6.07 Å². The van der Waals surface area contributed by atoms with E-state index in [4.69, 9.17) is 11.0 Å². The molecule has 0 atom stereocenters. The number of nitrogens with two attached hydrogens (primary N) is 1. The lowest BCUT2D eigenvalue weighted by Crippen LogP contribution is -2.28. The Morgan fingerprint density at radius 2 is 1.85 bits per heavy atom. The van der Waals surface area contributed by atoms with E-state index in [9.17, 15) is 0 Å². The van der Waals surface area contributed by atoms with E-state index in [-0.39, 0.29) is 5.41 Å². The summed E-state index contributed by atoms with van der Waals surface area (Å²) in [6.45, 7) is 4.00. The molecule has 0 aromatic rings. The van der Waals surface area contributed by atoms with Gasteiger partial charge in [-0.1, -0.05) is 26.2 Å². The molecule has 0 aromatic heterocycles. The average molecular weight is 178 g/mol. The second-order valence-electron chi connectivity index (χ2n) is 4.27. The average Bonchev–Trinajstić information content (AvgIpc) is 2.16. The molecule has 0 bridgehead atoms. The molecule has 0 unspecified atom stereocenters. The maximum absolute atomic E-state index is 8.76. The fourth-order valence-corrected chi connectivity index (χ4v) is 2.11. The van der Waals surface area contributed by atoms with Gasteiger partial charge in [0.25, 0.3) is 0 Å². The Labute approximate surface area is 80.4 Å². The van der Waals surface area contributed by atoms with Crippen molar-refractivity contribution in [3.63, 3.8) is 0 Å². The van der Waals surface area contributed by atoms with Crippen molar-refractivity contribution in [2.45, 2.75) is 46.0 Å². The van der Waals surface area contributed by atoms with E-state index in [2.05, 4.69) is 13.0 Å². The van der Waals surface area contributed by atoms with Gasteiger partial charge in [0.2, 0.25) is 0 Å². The molecule has 0 aromatic carbocycles. The largest absolute Gasteiger partial charge is 0.401 e. The first-order valence-corrected chi connectivity index (χ1v) is 4.97. The Kier molecular flexibility index (Phi) is 2.98. The molecule has 2 N–H and O–H groups in total. The SMILES string of the molecule is CC(C#N)=C(N)C1(C)CCCCC1. The lowest BCUT2D eigenvalue weighted by atomic mass is 9.72. The molecular formula is C11H18N2. The third-order valence-electron chi connectivity index (χ3n) is 3.18. The maximum atomic E-state index is 8.76. The highest BCUT2D eigenvalue weighted by molar-refractivity contribution is 5.28. The van der Waals surface area contributed by atoms with Crippen LogP contribution in [0.4, 0.5) is 0 Å². The quantitative estimate of drug-likeness (QED) is 0.627. The summed E-state index contributed by atoms with van der Waals surface area (Å²) in [6.07, 6.45) is 6.08. The van der Waals surface area contributed by atoms with Gasteiger partial charge in [0.1, 0.15) is 0 Å². The number of hydrogen-bond donors (Lipinski definition) is 1. The molecule has 2 nitrogen and oxygen atoms in total. The standard InChI is InChI=1S/C11H18N2/c1-9(8-12)10(13)11(2)6-4-3-5-7-11/h3-7,13H2,1-2H3. The Morgan fingerprint density at radius 1 is 1.31 bits per heavy atom. The van der Waals surface area contributed by atoms with Crippen LogP contribution in [0.1, 0.15) is 46.0 Å².